The van der Waals surface area contributed by atoms with E-state index >= 15 is 0 Å². The lowest BCUT2D eigenvalue weighted by Crippen LogP contribution is -2.25. The quantitative estimate of drug-likeness (QED) is 0.614. The van der Waals surface area contributed by atoms with Crippen LogP contribution in [0.5, 0.6) is 0 Å². The van der Waals surface area contributed by atoms with Gasteiger partial charge in [-0.1, -0.05) is 28.7 Å². The average Bonchev–Trinajstić information content (AvgIpc) is 2.50. The van der Waals surface area contributed by atoms with E-state index in [0.717, 1.165) is 24.1 Å². The minimum atomic E-state index is -1.22. The van der Waals surface area contributed by atoms with Gasteiger partial charge in [0.15, 0.2) is 0 Å². The van der Waals surface area contributed by atoms with E-state index in [-0.39, 0.29) is 4.75 Å². The molecule has 1 heterocycles. The lowest BCUT2D eigenvalue weighted by molar-refractivity contribution is 0.562. The first-order chi connectivity index (χ1) is 10.8. The topological polar surface area (TPSA) is 48.3 Å². The number of aromatic nitrogens is 1. The lowest BCUT2D eigenvalue weighted by Gasteiger charge is -2.17. The van der Waals surface area contributed by atoms with Crippen LogP contribution in [0.1, 0.15) is 43.2 Å². The van der Waals surface area contributed by atoms with Crippen molar-refractivity contribution >= 4 is 17.6 Å². The molecule has 23 heavy (non-hydrogen) atoms. The van der Waals surface area contributed by atoms with Gasteiger partial charge in [0.05, 0.1) is 6.21 Å². The van der Waals surface area contributed by atoms with Crippen molar-refractivity contribution in [1.29, 1.82) is 0 Å². The highest BCUT2D eigenvalue weighted by Crippen LogP contribution is 2.17. The number of benzene rings is 1. The highest BCUT2D eigenvalue weighted by molar-refractivity contribution is 7.91. The van der Waals surface area contributed by atoms with E-state index in [1.54, 1.807) is 6.21 Å². The summed E-state index contributed by atoms with van der Waals surface area (Å²) in [5.74, 6) is 0. The Labute approximate surface area is 142 Å². The predicted molar refractivity (Wildman–Crippen MR) is 98.3 cm³/mol. The number of rotatable bonds is 5. The SMILES string of the molecule is Cc1ccnc(CCc2cccc(/C=N/[S@@+]([O-])C(C)(C)C)c2)c1. The molecule has 0 spiro atoms. The zero-order valence-corrected chi connectivity index (χ0v) is 15.1. The van der Waals surface area contributed by atoms with Crippen LogP contribution in [0.3, 0.4) is 0 Å². The Morgan fingerprint density at radius 3 is 2.65 bits per heavy atom. The molecule has 1 aromatic carbocycles. The number of pyridine rings is 1. The first-order valence-electron chi connectivity index (χ1n) is 7.81. The van der Waals surface area contributed by atoms with E-state index in [1.165, 1.54) is 11.1 Å². The van der Waals surface area contributed by atoms with Crippen LogP contribution in [0.25, 0.3) is 0 Å². The largest absolute Gasteiger partial charge is 0.591 e. The van der Waals surface area contributed by atoms with Gasteiger partial charge in [0, 0.05) is 11.9 Å². The molecule has 0 N–H and O–H groups in total. The Bertz CT molecular complexity index is 677. The van der Waals surface area contributed by atoms with Crippen molar-refractivity contribution in [3.63, 3.8) is 0 Å². The molecule has 1 atom stereocenters. The van der Waals surface area contributed by atoms with E-state index in [0.29, 0.717) is 0 Å². The van der Waals surface area contributed by atoms with E-state index < -0.39 is 11.4 Å². The van der Waals surface area contributed by atoms with Gasteiger partial charge < -0.3 is 4.55 Å². The van der Waals surface area contributed by atoms with Crippen LogP contribution in [-0.2, 0) is 24.2 Å². The van der Waals surface area contributed by atoms with Crippen LogP contribution in [0.4, 0.5) is 0 Å². The molecule has 0 saturated heterocycles. The Hall–Kier alpha value is -1.65. The van der Waals surface area contributed by atoms with Crippen molar-refractivity contribution < 1.29 is 4.55 Å². The average molecular weight is 328 g/mol. The minimum absolute atomic E-state index is 0.328. The van der Waals surface area contributed by atoms with Crippen LogP contribution >= 0.6 is 0 Å². The summed E-state index contributed by atoms with van der Waals surface area (Å²) in [6.07, 6.45) is 5.40. The van der Waals surface area contributed by atoms with Crippen molar-refractivity contribution in [2.75, 3.05) is 0 Å². The molecular formula is C19H24N2OS. The molecule has 0 aliphatic heterocycles. The summed E-state index contributed by atoms with van der Waals surface area (Å²) in [7, 11) is 0. The van der Waals surface area contributed by atoms with Crippen LogP contribution in [0, 0.1) is 6.92 Å². The smallest absolute Gasteiger partial charge is 0.144 e. The van der Waals surface area contributed by atoms with Crippen LogP contribution in [0.2, 0.25) is 0 Å². The standard InChI is InChI=1S/C19H24N2OS/c1-15-10-11-20-18(12-15)9-8-16-6-5-7-17(13-16)14-21-23(22)19(2,3)4/h5-7,10-14H,8-9H2,1-4H3/b21-14+/t23-/m0/s1. The monoisotopic (exact) mass is 328 g/mol. The molecule has 122 valence electrons. The van der Waals surface area contributed by atoms with Gasteiger partial charge in [-0.2, -0.15) is 0 Å². The van der Waals surface area contributed by atoms with E-state index in [1.807, 2.05) is 45.2 Å². The van der Waals surface area contributed by atoms with Crippen molar-refractivity contribution in [2.45, 2.75) is 45.3 Å². The van der Waals surface area contributed by atoms with Crippen molar-refractivity contribution in [3.05, 3.63) is 65.0 Å². The molecule has 0 unspecified atom stereocenters. The van der Waals surface area contributed by atoms with Crippen molar-refractivity contribution in [2.24, 2.45) is 4.40 Å². The third-order valence-corrected chi connectivity index (χ3v) is 4.76. The van der Waals surface area contributed by atoms with E-state index in [2.05, 4.69) is 34.5 Å². The maximum Gasteiger partial charge on any atom is 0.144 e. The Kier molecular flexibility index (Phi) is 5.97. The Morgan fingerprint density at radius 2 is 1.96 bits per heavy atom. The molecular weight excluding hydrogens is 304 g/mol. The third-order valence-electron chi connectivity index (χ3n) is 3.41. The van der Waals surface area contributed by atoms with E-state index in [9.17, 15) is 4.55 Å². The molecule has 1 aromatic heterocycles. The summed E-state index contributed by atoms with van der Waals surface area (Å²) in [6, 6.07) is 12.3. The number of hydrogen-bond acceptors (Lipinski definition) is 3. The molecule has 0 fully saturated rings. The summed E-state index contributed by atoms with van der Waals surface area (Å²) in [5.41, 5.74) is 4.56. The van der Waals surface area contributed by atoms with Gasteiger partial charge in [-0.15, -0.1) is 0 Å². The normalized spacial score (nSPS) is 13.4. The van der Waals surface area contributed by atoms with Gasteiger partial charge >= 0.3 is 0 Å². The van der Waals surface area contributed by atoms with Crippen LogP contribution in [0.15, 0.2) is 47.0 Å². The van der Waals surface area contributed by atoms with E-state index in [4.69, 9.17) is 0 Å². The maximum absolute atomic E-state index is 12.0. The van der Waals surface area contributed by atoms with Gasteiger partial charge in [-0.25, -0.2) is 0 Å². The molecule has 4 heteroatoms. The van der Waals surface area contributed by atoms with Gasteiger partial charge in [0.1, 0.15) is 16.1 Å². The van der Waals surface area contributed by atoms with Crippen molar-refractivity contribution in [3.8, 4) is 0 Å². The molecule has 3 nitrogen and oxygen atoms in total. The second-order valence-electron chi connectivity index (χ2n) is 6.67. The van der Waals surface area contributed by atoms with Gasteiger partial charge in [0.2, 0.25) is 0 Å². The fourth-order valence-corrected chi connectivity index (χ4v) is 2.64. The molecule has 2 rings (SSSR count). The first-order valence-corrected chi connectivity index (χ1v) is 8.92. The fourth-order valence-electron chi connectivity index (χ4n) is 2.10. The van der Waals surface area contributed by atoms with Gasteiger partial charge in [-0.3, -0.25) is 4.98 Å². The predicted octanol–water partition coefficient (Wildman–Crippen LogP) is 4.06. The summed E-state index contributed by atoms with van der Waals surface area (Å²) in [4.78, 5) is 4.40. The molecule has 0 aliphatic rings. The summed E-state index contributed by atoms with van der Waals surface area (Å²) < 4.78 is 15.8. The Morgan fingerprint density at radius 1 is 1.17 bits per heavy atom. The summed E-state index contributed by atoms with van der Waals surface area (Å²) >= 11 is -1.22. The van der Waals surface area contributed by atoms with Crippen LogP contribution in [-0.4, -0.2) is 20.5 Å². The first kappa shape index (κ1) is 17.7. The molecule has 0 bridgehead atoms. The highest BCUT2D eigenvalue weighted by Gasteiger charge is 2.25. The zero-order valence-electron chi connectivity index (χ0n) is 14.2. The summed E-state index contributed by atoms with van der Waals surface area (Å²) in [6.45, 7) is 7.85. The van der Waals surface area contributed by atoms with Crippen molar-refractivity contribution in [1.82, 2.24) is 4.98 Å². The second-order valence-corrected chi connectivity index (χ2v) is 8.60. The summed E-state index contributed by atoms with van der Waals surface area (Å²) in [5, 5.41) is 0. The minimum Gasteiger partial charge on any atom is -0.591 e. The maximum atomic E-state index is 12.0. The molecule has 0 saturated carbocycles. The molecule has 0 amide bonds. The zero-order chi connectivity index (χ0) is 16.9. The molecule has 2 aromatic rings. The Balaban J connectivity index is 2.01. The number of nitrogens with zero attached hydrogens (tertiary/aromatic N) is 2. The highest BCUT2D eigenvalue weighted by atomic mass is 32.2. The van der Waals surface area contributed by atoms with Crippen LogP contribution < -0.4 is 0 Å². The lowest BCUT2D eigenvalue weighted by atomic mass is 10.0. The number of hydrogen-bond donors (Lipinski definition) is 0. The third kappa shape index (κ3) is 5.81. The fraction of sp³-hybridized carbons (Fsp3) is 0.368. The van der Waals surface area contributed by atoms with Gasteiger partial charge in [0.25, 0.3) is 0 Å². The number of aryl methyl sites for hydroxylation is 3. The second kappa shape index (κ2) is 7.75. The van der Waals surface area contributed by atoms with Gasteiger partial charge in [-0.05, 0) is 69.4 Å². The molecule has 0 aliphatic carbocycles. The molecule has 0 radical (unpaired) electrons.